The molecule has 104 valence electrons. The van der Waals surface area contributed by atoms with E-state index in [0.29, 0.717) is 5.92 Å². The van der Waals surface area contributed by atoms with Crippen LogP contribution < -0.4 is 10.6 Å². The smallest absolute Gasteiger partial charge is 0.123 e. The number of nitrogens with two attached hydrogens (primary N) is 1. The summed E-state index contributed by atoms with van der Waals surface area (Å²) < 4.78 is 6.14. The van der Waals surface area contributed by atoms with Gasteiger partial charge in [-0.15, -0.1) is 0 Å². The molecule has 1 heterocycles. The normalized spacial score (nSPS) is 19.5. The number of anilines is 1. The summed E-state index contributed by atoms with van der Waals surface area (Å²) in [5.41, 5.74) is 7.45. The van der Waals surface area contributed by atoms with Crippen LogP contribution in [0.5, 0.6) is 0 Å². The van der Waals surface area contributed by atoms with Crippen molar-refractivity contribution in [1.29, 1.82) is 5.41 Å². The third-order valence-electron chi connectivity index (χ3n) is 3.53. The standard InChI is InChI=1S/C14H20BrN3O/c1-19-9-10-3-2-6-18(8-10)11-4-5-12(14(16)17)13(15)7-11/h4-5,7,10H,2-3,6,8-9H2,1H3,(H3,16,17). The number of hydrogen-bond acceptors (Lipinski definition) is 3. The molecular formula is C14H20BrN3O. The van der Waals surface area contributed by atoms with Crippen LogP contribution in [0.2, 0.25) is 0 Å². The number of rotatable bonds is 4. The van der Waals surface area contributed by atoms with Crippen LogP contribution in [0.4, 0.5) is 5.69 Å². The monoisotopic (exact) mass is 325 g/mol. The lowest BCUT2D eigenvalue weighted by atomic mass is 9.98. The molecule has 0 bridgehead atoms. The van der Waals surface area contributed by atoms with Crippen LogP contribution in [0.3, 0.4) is 0 Å². The molecule has 0 aromatic heterocycles. The highest BCUT2D eigenvalue weighted by molar-refractivity contribution is 9.10. The van der Waals surface area contributed by atoms with Crippen molar-refractivity contribution in [3.63, 3.8) is 0 Å². The third kappa shape index (κ3) is 3.48. The van der Waals surface area contributed by atoms with Gasteiger partial charge in [0.2, 0.25) is 0 Å². The Kier molecular flexibility index (Phi) is 4.82. The summed E-state index contributed by atoms with van der Waals surface area (Å²) >= 11 is 3.49. The summed E-state index contributed by atoms with van der Waals surface area (Å²) in [6.07, 6.45) is 2.43. The van der Waals surface area contributed by atoms with Crippen molar-refractivity contribution in [2.45, 2.75) is 12.8 Å². The van der Waals surface area contributed by atoms with Gasteiger partial charge in [0.1, 0.15) is 5.84 Å². The van der Waals surface area contributed by atoms with E-state index in [0.717, 1.165) is 29.7 Å². The number of ether oxygens (including phenoxy) is 1. The van der Waals surface area contributed by atoms with Crippen LogP contribution in [0.15, 0.2) is 22.7 Å². The summed E-state index contributed by atoms with van der Waals surface area (Å²) in [4.78, 5) is 2.38. The molecule has 1 fully saturated rings. The van der Waals surface area contributed by atoms with Gasteiger partial charge in [-0.3, -0.25) is 5.41 Å². The zero-order valence-electron chi connectivity index (χ0n) is 11.2. The number of nitrogens with one attached hydrogen (secondary N) is 1. The Morgan fingerprint density at radius 2 is 2.37 bits per heavy atom. The molecule has 1 aromatic rings. The first-order chi connectivity index (χ1) is 9.11. The highest BCUT2D eigenvalue weighted by Gasteiger charge is 2.20. The van der Waals surface area contributed by atoms with Gasteiger partial charge >= 0.3 is 0 Å². The lowest BCUT2D eigenvalue weighted by Gasteiger charge is -2.34. The predicted octanol–water partition coefficient (Wildman–Crippen LogP) is 2.60. The van der Waals surface area contributed by atoms with Gasteiger partial charge < -0.3 is 15.4 Å². The van der Waals surface area contributed by atoms with Crippen molar-refractivity contribution in [2.75, 3.05) is 31.7 Å². The Hall–Kier alpha value is -1.07. The maximum Gasteiger partial charge on any atom is 0.123 e. The number of methoxy groups -OCH3 is 1. The fourth-order valence-electron chi connectivity index (χ4n) is 2.59. The predicted molar refractivity (Wildman–Crippen MR) is 82.0 cm³/mol. The molecule has 0 aliphatic carbocycles. The number of amidine groups is 1. The molecule has 1 saturated heterocycles. The maximum absolute atomic E-state index is 7.50. The minimum atomic E-state index is 0.0920. The van der Waals surface area contributed by atoms with E-state index in [1.165, 1.54) is 18.5 Å². The largest absolute Gasteiger partial charge is 0.384 e. The summed E-state index contributed by atoms with van der Waals surface area (Å²) in [6, 6.07) is 5.99. The molecule has 0 spiro atoms. The quantitative estimate of drug-likeness (QED) is 0.660. The first kappa shape index (κ1) is 14.3. The molecular weight excluding hydrogens is 306 g/mol. The van der Waals surface area contributed by atoms with E-state index in [-0.39, 0.29) is 5.84 Å². The first-order valence-corrected chi connectivity index (χ1v) is 7.29. The molecule has 19 heavy (non-hydrogen) atoms. The molecule has 1 unspecified atom stereocenters. The second-order valence-corrected chi connectivity index (χ2v) is 5.84. The van der Waals surface area contributed by atoms with E-state index in [9.17, 15) is 0 Å². The number of nitrogens with zero attached hydrogens (tertiary/aromatic N) is 1. The minimum absolute atomic E-state index is 0.0920. The molecule has 4 nitrogen and oxygen atoms in total. The Morgan fingerprint density at radius 3 is 3.00 bits per heavy atom. The van der Waals surface area contributed by atoms with E-state index < -0.39 is 0 Å². The van der Waals surface area contributed by atoms with Crippen molar-refractivity contribution in [3.8, 4) is 0 Å². The van der Waals surface area contributed by atoms with Crippen molar-refractivity contribution >= 4 is 27.5 Å². The van der Waals surface area contributed by atoms with Gasteiger partial charge in [-0.25, -0.2) is 0 Å². The molecule has 0 amide bonds. The maximum atomic E-state index is 7.50. The lowest BCUT2D eigenvalue weighted by molar-refractivity contribution is 0.143. The molecule has 2 rings (SSSR count). The number of piperidine rings is 1. The molecule has 1 aromatic carbocycles. The van der Waals surface area contributed by atoms with Crippen LogP contribution in [0, 0.1) is 11.3 Å². The van der Waals surface area contributed by atoms with Crippen LogP contribution in [0.25, 0.3) is 0 Å². The van der Waals surface area contributed by atoms with Gasteiger partial charge in [-0.05, 0) is 52.9 Å². The van der Waals surface area contributed by atoms with Crippen molar-refractivity contribution < 1.29 is 4.74 Å². The lowest BCUT2D eigenvalue weighted by Crippen LogP contribution is -2.37. The van der Waals surface area contributed by atoms with E-state index in [4.69, 9.17) is 15.9 Å². The van der Waals surface area contributed by atoms with Crippen LogP contribution >= 0.6 is 15.9 Å². The van der Waals surface area contributed by atoms with Crippen molar-refractivity contribution in [1.82, 2.24) is 0 Å². The minimum Gasteiger partial charge on any atom is -0.384 e. The number of nitrogen functional groups attached to an aromatic ring is 1. The fourth-order valence-corrected chi connectivity index (χ4v) is 3.17. The Balaban J connectivity index is 2.13. The number of benzene rings is 1. The average Bonchev–Trinajstić information content (AvgIpc) is 2.39. The second-order valence-electron chi connectivity index (χ2n) is 4.99. The van der Waals surface area contributed by atoms with E-state index in [1.54, 1.807) is 7.11 Å². The zero-order valence-corrected chi connectivity index (χ0v) is 12.7. The van der Waals surface area contributed by atoms with Gasteiger partial charge in [0.15, 0.2) is 0 Å². The van der Waals surface area contributed by atoms with E-state index >= 15 is 0 Å². The molecule has 5 heteroatoms. The van der Waals surface area contributed by atoms with Gasteiger partial charge in [-0.1, -0.05) is 0 Å². The molecule has 0 saturated carbocycles. The van der Waals surface area contributed by atoms with Crippen LogP contribution in [-0.2, 0) is 4.74 Å². The van der Waals surface area contributed by atoms with E-state index in [2.05, 4.69) is 20.8 Å². The highest BCUT2D eigenvalue weighted by atomic mass is 79.9. The molecule has 1 aliphatic heterocycles. The Bertz CT molecular complexity index is 462. The molecule has 1 aliphatic rings. The Morgan fingerprint density at radius 1 is 1.58 bits per heavy atom. The second kappa shape index (κ2) is 6.39. The Labute approximate surface area is 122 Å². The topological polar surface area (TPSA) is 62.3 Å². The summed E-state index contributed by atoms with van der Waals surface area (Å²) in [5.74, 6) is 0.694. The van der Waals surface area contributed by atoms with Crippen molar-refractivity contribution in [3.05, 3.63) is 28.2 Å². The van der Waals surface area contributed by atoms with Crippen LogP contribution in [0.1, 0.15) is 18.4 Å². The fraction of sp³-hybridized carbons (Fsp3) is 0.500. The van der Waals surface area contributed by atoms with Crippen molar-refractivity contribution in [2.24, 2.45) is 11.7 Å². The summed E-state index contributed by atoms with van der Waals surface area (Å²) in [6.45, 7) is 2.93. The van der Waals surface area contributed by atoms with Gasteiger partial charge in [0.25, 0.3) is 0 Å². The van der Waals surface area contributed by atoms with Crippen LogP contribution in [-0.4, -0.2) is 32.6 Å². The number of hydrogen-bond donors (Lipinski definition) is 2. The SMILES string of the molecule is COCC1CCCN(c2ccc(C(=N)N)c(Br)c2)C1. The zero-order chi connectivity index (χ0) is 13.8. The summed E-state index contributed by atoms with van der Waals surface area (Å²) in [7, 11) is 1.76. The van der Waals surface area contributed by atoms with E-state index in [1.807, 2.05) is 18.2 Å². The van der Waals surface area contributed by atoms with Gasteiger partial charge in [-0.2, -0.15) is 0 Å². The third-order valence-corrected chi connectivity index (χ3v) is 4.19. The number of halogens is 1. The summed E-state index contributed by atoms with van der Waals surface area (Å²) in [5, 5.41) is 7.50. The van der Waals surface area contributed by atoms with Gasteiger partial charge in [0, 0.05) is 35.9 Å². The first-order valence-electron chi connectivity index (χ1n) is 6.49. The molecule has 3 N–H and O–H groups in total. The molecule has 1 atom stereocenters. The average molecular weight is 326 g/mol. The highest BCUT2D eigenvalue weighted by Crippen LogP contribution is 2.27. The molecule has 0 radical (unpaired) electrons. The van der Waals surface area contributed by atoms with Gasteiger partial charge in [0.05, 0.1) is 6.61 Å².